The van der Waals surface area contributed by atoms with Gasteiger partial charge in [0.15, 0.2) is 0 Å². The van der Waals surface area contributed by atoms with Gasteiger partial charge in [0.25, 0.3) is 5.91 Å². The molecule has 1 saturated carbocycles. The van der Waals surface area contributed by atoms with Gasteiger partial charge in [0.1, 0.15) is 17.1 Å². The monoisotopic (exact) mass is 553 g/mol. The van der Waals surface area contributed by atoms with Crippen molar-refractivity contribution in [2.75, 3.05) is 7.05 Å². The van der Waals surface area contributed by atoms with Crippen molar-refractivity contribution in [3.05, 3.63) is 83.6 Å². The van der Waals surface area contributed by atoms with Crippen molar-refractivity contribution in [2.24, 2.45) is 0 Å². The summed E-state index contributed by atoms with van der Waals surface area (Å²) in [6.07, 6.45) is 2.72. The Kier molecular flexibility index (Phi) is 8.01. The van der Waals surface area contributed by atoms with E-state index in [4.69, 9.17) is 10.1 Å². The predicted octanol–water partition coefficient (Wildman–Crippen LogP) is 5.95. The highest BCUT2D eigenvalue weighted by atomic mass is 16.6. The molecule has 0 bridgehead atoms. The van der Waals surface area contributed by atoms with E-state index in [1.54, 1.807) is 7.05 Å². The fraction of sp³-hybridized carbons (Fsp3) is 0.364. The van der Waals surface area contributed by atoms with E-state index in [0.29, 0.717) is 18.1 Å². The Morgan fingerprint density at radius 3 is 2.22 bits per heavy atom. The molecule has 1 aliphatic carbocycles. The summed E-state index contributed by atoms with van der Waals surface area (Å²) in [6.45, 7) is 6.08. The van der Waals surface area contributed by atoms with Gasteiger partial charge in [-0.2, -0.15) is 0 Å². The lowest BCUT2D eigenvalue weighted by Gasteiger charge is -2.30. The number of amidine groups is 1. The van der Waals surface area contributed by atoms with E-state index in [1.165, 1.54) is 5.39 Å². The number of aromatic nitrogens is 1. The summed E-state index contributed by atoms with van der Waals surface area (Å²) < 4.78 is 7.45. The van der Waals surface area contributed by atoms with Gasteiger partial charge in [0.05, 0.1) is 0 Å². The average molecular weight is 554 g/mol. The van der Waals surface area contributed by atoms with Crippen LogP contribution in [0, 0.1) is 5.41 Å². The molecule has 8 nitrogen and oxygen atoms in total. The van der Waals surface area contributed by atoms with Crippen molar-refractivity contribution in [1.29, 1.82) is 5.41 Å². The van der Waals surface area contributed by atoms with Crippen LogP contribution in [-0.2, 0) is 11.3 Å². The zero-order valence-electron chi connectivity index (χ0n) is 24.2. The molecule has 0 unspecified atom stereocenters. The van der Waals surface area contributed by atoms with Gasteiger partial charge in [-0.25, -0.2) is 4.79 Å². The molecule has 2 amide bonds. The summed E-state index contributed by atoms with van der Waals surface area (Å²) in [5.41, 5.74) is 2.83. The molecule has 41 heavy (non-hydrogen) atoms. The number of hydrogen-bond donors (Lipinski definition) is 4. The third-order valence-corrected chi connectivity index (χ3v) is 7.61. The molecule has 1 heterocycles. The van der Waals surface area contributed by atoms with Crippen LogP contribution in [0.1, 0.15) is 68.1 Å². The Balaban J connectivity index is 1.36. The standard InChI is InChI=1S/C33H39N5O3/c1-33(2,3)41-32(40)37-27-15-13-26(14-16-27)36-31(39)29-18-24-11-12-25(30(34)35-4)19-28(24)38(29)20-21-9-10-22-7-5-6-8-23(22)17-21/h5-12,17-19,26-27H,13-16,20H2,1-4H3,(H2,34,35)(H,36,39)(H,37,40)/t26-,27-. The number of nitrogens with one attached hydrogen (secondary N) is 4. The first-order chi connectivity index (χ1) is 19.6. The molecule has 1 aromatic heterocycles. The van der Waals surface area contributed by atoms with Crippen LogP contribution in [0.15, 0.2) is 66.7 Å². The Morgan fingerprint density at radius 2 is 1.54 bits per heavy atom. The van der Waals surface area contributed by atoms with Crippen molar-refractivity contribution in [2.45, 2.75) is 70.7 Å². The van der Waals surface area contributed by atoms with Gasteiger partial charge < -0.3 is 25.3 Å². The highest BCUT2D eigenvalue weighted by Crippen LogP contribution is 2.26. The van der Waals surface area contributed by atoms with Gasteiger partial charge in [-0.3, -0.25) is 10.2 Å². The third kappa shape index (κ3) is 6.70. The number of rotatable bonds is 6. The number of ether oxygens (including phenoxy) is 1. The van der Waals surface area contributed by atoms with E-state index >= 15 is 0 Å². The van der Waals surface area contributed by atoms with E-state index in [2.05, 4.69) is 50.8 Å². The van der Waals surface area contributed by atoms with Crippen LogP contribution in [0.25, 0.3) is 21.7 Å². The van der Waals surface area contributed by atoms with E-state index in [-0.39, 0.29) is 18.0 Å². The smallest absolute Gasteiger partial charge is 0.407 e. The van der Waals surface area contributed by atoms with Gasteiger partial charge in [0.2, 0.25) is 0 Å². The first-order valence-electron chi connectivity index (χ1n) is 14.3. The van der Waals surface area contributed by atoms with Crippen molar-refractivity contribution in [3.8, 4) is 0 Å². The lowest BCUT2D eigenvalue weighted by Crippen LogP contribution is -2.45. The van der Waals surface area contributed by atoms with Crippen molar-refractivity contribution >= 4 is 39.5 Å². The Bertz CT molecular complexity index is 1590. The Morgan fingerprint density at radius 1 is 0.878 bits per heavy atom. The van der Waals surface area contributed by atoms with Crippen molar-refractivity contribution in [1.82, 2.24) is 20.5 Å². The highest BCUT2D eigenvalue weighted by Gasteiger charge is 2.27. The minimum Gasteiger partial charge on any atom is -0.444 e. The number of carbonyl (C=O) groups is 2. The van der Waals surface area contributed by atoms with Crippen LogP contribution in [0.3, 0.4) is 0 Å². The number of nitrogens with zero attached hydrogens (tertiary/aromatic N) is 1. The van der Waals surface area contributed by atoms with Crippen LogP contribution < -0.4 is 16.0 Å². The Labute approximate surface area is 241 Å². The van der Waals surface area contributed by atoms with Crippen LogP contribution in [-0.4, -0.2) is 47.1 Å². The molecule has 3 aromatic carbocycles. The fourth-order valence-electron chi connectivity index (χ4n) is 5.55. The summed E-state index contributed by atoms with van der Waals surface area (Å²) in [7, 11) is 1.73. The minimum atomic E-state index is -0.533. The molecular formula is C33H39N5O3. The quantitative estimate of drug-likeness (QED) is 0.175. The fourth-order valence-corrected chi connectivity index (χ4v) is 5.55. The number of benzene rings is 3. The molecule has 0 radical (unpaired) electrons. The minimum absolute atomic E-state index is 0.0272. The summed E-state index contributed by atoms with van der Waals surface area (Å²) >= 11 is 0. The highest BCUT2D eigenvalue weighted by molar-refractivity contribution is 6.03. The zero-order chi connectivity index (χ0) is 29.1. The third-order valence-electron chi connectivity index (χ3n) is 7.61. The maximum Gasteiger partial charge on any atom is 0.407 e. The predicted molar refractivity (Wildman–Crippen MR) is 164 cm³/mol. The maximum atomic E-state index is 13.7. The Hall–Kier alpha value is -4.33. The number of hydrogen-bond acceptors (Lipinski definition) is 4. The number of amides is 2. The molecule has 5 rings (SSSR count). The van der Waals surface area contributed by atoms with Crippen LogP contribution in [0.4, 0.5) is 4.79 Å². The lowest BCUT2D eigenvalue weighted by atomic mass is 9.91. The van der Waals surface area contributed by atoms with Crippen LogP contribution in [0.5, 0.6) is 0 Å². The van der Waals surface area contributed by atoms with Gasteiger partial charge in [0, 0.05) is 42.1 Å². The van der Waals surface area contributed by atoms with Crippen LogP contribution in [0.2, 0.25) is 0 Å². The summed E-state index contributed by atoms with van der Waals surface area (Å²) in [5, 5.41) is 20.7. The molecular weight excluding hydrogens is 514 g/mol. The molecule has 214 valence electrons. The zero-order valence-corrected chi connectivity index (χ0v) is 24.2. The molecule has 1 fully saturated rings. The largest absolute Gasteiger partial charge is 0.444 e. The molecule has 0 saturated heterocycles. The van der Waals surface area contributed by atoms with E-state index in [0.717, 1.165) is 53.1 Å². The second-order valence-corrected chi connectivity index (χ2v) is 11.9. The first kappa shape index (κ1) is 28.2. The molecule has 4 N–H and O–H groups in total. The number of fused-ring (bicyclic) bond motifs is 2. The van der Waals surface area contributed by atoms with Crippen molar-refractivity contribution < 1.29 is 14.3 Å². The SMILES string of the molecule is CNC(=N)c1ccc2cc(C(=O)N[C@H]3CC[C@H](NC(=O)OC(C)(C)C)CC3)n(Cc3ccc4ccccc4c3)c2c1. The van der Waals surface area contributed by atoms with Gasteiger partial charge >= 0.3 is 6.09 Å². The second kappa shape index (κ2) is 11.6. The topological polar surface area (TPSA) is 108 Å². The molecule has 4 aromatic rings. The first-order valence-corrected chi connectivity index (χ1v) is 14.3. The van der Waals surface area contributed by atoms with Gasteiger partial charge in [-0.15, -0.1) is 0 Å². The van der Waals surface area contributed by atoms with Crippen LogP contribution >= 0.6 is 0 Å². The maximum absolute atomic E-state index is 13.7. The summed E-state index contributed by atoms with van der Waals surface area (Å²) in [4.78, 5) is 25.9. The summed E-state index contributed by atoms with van der Waals surface area (Å²) in [5.74, 6) is 0.212. The molecule has 0 aliphatic heterocycles. The normalized spacial score (nSPS) is 17.3. The van der Waals surface area contributed by atoms with Gasteiger partial charge in [-0.05, 0) is 81.0 Å². The molecule has 0 atom stereocenters. The van der Waals surface area contributed by atoms with E-state index in [9.17, 15) is 9.59 Å². The average Bonchev–Trinajstić information content (AvgIpc) is 3.30. The lowest BCUT2D eigenvalue weighted by molar-refractivity contribution is 0.0488. The number of carbonyl (C=O) groups excluding carboxylic acids is 2. The van der Waals surface area contributed by atoms with Gasteiger partial charge in [-0.1, -0.05) is 48.5 Å². The molecule has 1 aliphatic rings. The van der Waals surface area contributed by atoms with Crippen molar-refractivity contribution in [3.63, 3.8) is 0 Å². The molecule has 0 spiro atoms. The summed E-state index contributed by atoms with van der Waals surface area (Å²) in [6, 6.07) is 22.5. The second-order valence-electron chi connectivity index (χ2n) is 11.9. The van der Waals surface area contributed by atoms with E-state index < -0.39 is 11.7 Å². The van der Waals surface area contributed by atoms with E-state index in [1.807, 2.05) is 57.2 Å². The molecule has 8 heteroatoms. The number of alkyl carbamates (subject to hydrolysis) is 1.